The predicted molar refractivity (Wildman–Crippen MR) is 118 cm³/mol. The van der Waals surface area contributed by atoms with Crippen LogP contribution in [0.1, 0.15) is 23.9 Å². The first-order valence-corrected chi connectivity index (χ1v) is 13.1. The molecule has 4 rings (SSSR count). The molecule has 2 aromatic carbocycles. The maximum atomic E-state index is 13.1. The van der Waals surface area contributed by atoms with E-state index in [1.54, 1.807) is 38.1 Å². The molecule has 1 aliphatic heterocycles. The van der Waals surface area contributed by atoms with Crippen LogP contribution in [0.15, 0.2) is 59.5 Å². The highest BCUT2D eigenvalue weighted by atomic mass is 32.2. The number of hydrogen-bond donors (Lipinski definition) is 1. The highest BCUT2D eigenvalue weighted by Gasteiger charge is 2.33. The van der Waals surface area contributed by atoms with Gasteiger partial charge in [0, 0.05) is 5.69 Å². The standard InChI is InChI=1S/C21H23N3O5S2/c1-15-21(16(2)24(22-15)18-12-13-30(25,26)14-18)31(27,28)23-17-8-10-20(11-9-17)29-19-6-4-3-5-7-19/h3-11,18,23H,12-14H2,1-2H3/t18-/m0/s1. The van der Waals surface area contributed by atoms with Crippen molar-refractivity contribution in [3.8, 4) is 11.5 Å². The Labute approximate surface area is 181 Å². The zero-order valence-corrected chi connectivity index (χ0v) is 18.8. The molecule has 10 heteroatoms. The first kappa shape index (κ1) is 21.4. The van der Waals surface area contributed by atoms with Crippen molar-refractivity contribution in [2.45, 2.75) is 31.2 Å². The molecule has 8 nitrogen and oxygen atoms in total. The zero-order chi connectivity index (χ0) is 22.2. The number of sulfone groups is 1. The van der Waals surface area contributed by atoms with Gasteiger partial charge in [0.05, 0.1) is 28.9 Å². The molecule has 0 saturated carbocycles. The van der Waals surface area contributed by atoms with E-state index in [0.29, 0.717) is 35.0 Å². The van der Waals surface area contributed by atoms with Crippen molar-refractivity contribution in [3.63, 3.8) is 0 Å². The first-order valence-electron chi connectivity index (χ1n) is 9.76. The molecular weight excluding hydrogens is 438 g/mol. The van der Waals surface area contributed by atoms with E-state index in [2.05, 4.69) is 9.82 Å². The molecule has 1 atom stereocenters. The number of anilines is 1. The van der Waals surface area contributed by atoms with Crippen LogP contribution in [0.4, 0.5) is 5.69 Å². The Morgan fingerprint density at radius 3 is 2.29 bits per heavy atom. The Morgan fingerprint density at radius 1 is 1.03 bits per heavy atom. The van der Waals surface area contributed by atoms with E-state index in [9.17, 15) is 16.8 Å². The third-order valence-corrected chi connectivity index (χ3v) is 8.55. The largest absolute Gasteiger partial charge is 0.457 e. The van der Waals surface area contributed by atoms with E-state index in [4.69, 9.17) is 4.74 Å². The molecule has 3 aromatic rings. The van der Waals surface area contributed by atoms with Crippen molar-refractivity contribution in [1.29, 1.82) is 0 Å². The Bertz CT molecular complexity index is 1300. The van der Waals surface area contributed by atoms with Gasteiger partial charge in [-0.2, -0.15) is 5.10 Å². The Kier molecular flexibility index (Phi) is 5.52. The van der Waals surface area contributed by atoms with E-state index in [0.717, 1.165) is 0 Å². The highest BCUT2D eigenvalue weighted by molar-refractivity contribution is 7.92. The van der Waals surface area contributed by atoms with Gasteiger partial charge in [0.25, 0.3) is 10.0 Å². The zero-order valence-electron chi connectivity index (χ0n) is 17.1. The van der Waals surface area contributed by atoms with Gasteiger partial charge in [-0.1, -0.05) is 18.2 Å². The number of para-hydroxylation sites is 1. The summed E-state index contributed by atoms with van der Waals surface area (Å²) >= 11 is 0. The van der Waals surface area contributed by atoms with Crippen molar-refractivity contribution >= 4 is 25.5 Å². The predicted octanol–water partition coefficient (Wildman–Crippen LogP) is 3.45. The number of rotatable bonds is 6. The lowest BCUT2D eigenvalue weighted by Crippen LogP contribution is -2.17. The molecule has 0 unspecified atom stereocenters. The minimum atomic E-state index is -3.91. The van der Waals surface area contributed by atoms with Crippen LogP contribution < -0.4 is 9.46 Å². The van der Waals surface area contributed by atoms with Crippen LogP contribution in [0.25, 0.3) is 0 Å². The van der Waals surface area contributed by atoms with Gasteiger partial charge < -0.3 is 4.74 Å². The number of benzene rings is 2. The highest BCUT2D eigenvalue weighted by Crippen LogP contribution is 2.30. The molecule has 0 radical (unpaired) electrons. The van der Waals surface area contributed by atoms with Gasteiger partial charge in [-0.15, -0.1) is 0 Å². The first-order chi connectivity index (χ1) is 14.6. The lowest BCUT2D eigenvalue weighted by atomic mass is 10.2. The second-order valence-corrected chi connectivity index (χ2v) is 11.4. The van der Waals surface area contributed by atoms with Crippen molar-refractivity contribution in [3.05, 3.63) is 66.0 Å². The average Bonchev–Trinajstić information content (AvgIpc) is 3.22. The van der Waals surface area contributed by atoms with Crippen molar-refractivity contribution in [2.24, 2.45) is 0 Å². The lowest BCUT2D eigenvalue weighted by Gasteiger charge is -2.12. The summed E-state index contributed by atoms with van der Waals surface area (Å²) in [4.78, 5) is 0.0708. The van der Waals surface area contributed by atoms with Crippen LogP contribution in [0.5, 0.6) is 11.5 Å². The second kappa shape index (κ2) is 8.01. The van der Waals surface area contributed by atoms with Crippen LogP contribution in [0, 0.1) is 13.8 Å². The minimum Gasteiger partial charge on any atom is -0.457 e. The molecule has 1 N–H and O–H groups in total. The van der Waals surface area contributed by atoms with E-state index < -0.39 is 19.9 Å². The molecule has 1 aromatic heterocycles. The number of nitrogens with zero attached hydrogens (tertiary/aromatic N) is 2. The molecule has 0 spiro atoms. The molecule has 1 fully saturated rings. The SMILES string of the molecule is Cc1nn([C@H]2CCS(=O)(=O)C2)c(C)c1S(=O)(=O)Nc1ccc(Oc2ccccc2)cc1. The summed E-state index contributed by atoms with van der Waals surface area (Å²) in [5.41, 5.74) is 1.14. The summed E-state index contributed by atoms with van der Waals surface area (Å²) in [6.07, 6.45) is 0.431. The smallest absolute Gasteiger partial charge is 0.265 e. The number of aromatic nitrogens is 2. The summed E-state index contributed by atoms with van der Waals surface area (Å²) < 4.78 is 59.6. The number of aryl methyl sites for hydroxylation is 1. The maximum Gasteiger partial charge on any atom is 0.265 e. The van der Waals surface area contributed by atoms with Gasteiger partial charge in [-0.25, -0.2) is 16.8 Å². The van der Waals surface area contributed by atoms with Gasteiger partial charge in [0.1, 0.15) is 16.4 Å². The number of nitrogens with one attached hydrogen (secondary N) is 1. The molecule has 31 heavy (non-hydrogen) atoms. The fraction of sp³-hybridized carbons (Fsp3) is 0.286. The van der Waals surface area contributed by atoms with Gasteiger partial charge in [-0.3, -0.25) is 9.40 Å². The summed E-state index contributed by atoms with van der Waals surface area (Å²) in [5, 5.41) is 4.34. The average molecular weight is 462 g/mol. The van der Waals surface area contributed by atoms with Crippen LogP contribution >= 0.6 is 0 Å². The summed E-state index contributed by atoms with van der Waals surface area (Å²) in [7, 11) is -7.02. The summed E-state index contributed by atoms with van der Waals surface area (Å²) in [5.74, 6) is 1.33. The Balaban J connectivity index is 1.54. The van der Waals surface area contributed by atoms with Gasteiger partial charge >= 0.3 is 0 Å². The number of hydrogen-bond acceptors (Lipinski definition) is 6. The fourth-order valence-corrected chi connectivity index (χ4v) is 6.93. The van der Waals surface area contributed by atoms with Gasteiger partial charge in [0.2, 0.25) is 0 Å². The number of sulfonamides is 1. The summed E-state index contributed by atoms with van der Waals surface area (Å²) in [6, 6.07) is 15.5. The molecule has 2 heterocycles. The van der Waals surface area contributed by atoms with Crippen molar-refractivity contribution in [1.82, 2.24) is 9.78 Å². The molecular formula is C21H23N3O5S2. The van der Waals surface area contributed by atoms with Crippen LogP contribution in [-0.4, -0.2) is 38.1 Å². The Hall–Kier alpha value is -2.85. The fourth-order valence-electron chi connectivity index (χ4n) is 3.78. The molecule has 164 valence electrons. The Morgan fingerprint density at radius 2 is 1.68 bits per heavy atom. The van der Waals surface area contributed by atoms with E-state index in [-0.39, 0.29) is 22.4 Å². The third kappa shape index (κ3) is 4.59. The molecule has 1 aliphatic rings. The molecule has 0 aliphatic carbocycles. The second-order valence-electron chi connectivity index (χ2n) is 7.55. The van der Waals surface area contributed by atoms with E-state index in [1.165, 1.54) is 4.68 Å². The lowest BCUT2D eigenvalue weighted by molar-refractivity contribution is 0.482. The van der Waals surface area contributed by atoms with Crippen LogP contribution in [-0.2, 0) is 19.9 Å². The van der Waals surface area contributed by atoms with Gasteiger partial charge in [-0.05, 0) is 56.7 Å². The maximum absolute atomic E-state index is 13.1. The van der Waals surface area contributed by atoms with E-state index in [1.807, 2.05) is 30.3 Å². The monoisotopic (exact) mass is 461 g/mol. The molecule has 1 saturated heterocycles. The van der Waals surface area contributed by atoms with Crippen molar-refractivity contribution < 1.29 is 21.6 Å². The van der Waals surface area contributed by atoms with Crippen molar-refractivity contribution in [2.75, 3.05) is 16.2 Å². The topological polar surface area (TPSA) is 107 Å². The molecule has 0 bridgehead atoms. The third-order valence-electron chi connectivity index (χ3n) is 5.17. The van der Waals surface area contributed by atoms with Crippen LogP contribution in [0.2, 0.25) is 0 Å². The van der Waals surface area contributed by atoms with Gasteiger partial charge in [0.15, 0.2) is 9.84 Å². The minimum absolute atomic E-state index is 0.0231. The normalized spacial score (nSPS) is 18.1. The summed E-state index contributed by atoms with van der Waals surface area (Å²) in [6.45, 7) is 3.26. The van der Waals surface area contributed by atoms with Crippen LogP contribution in [0.3, 0.4) is 0 Å². The quantitative estimate of drug-likeness (QED) is 0.602. The molecule has 0 amide bonds. The number of ether oxygens (including phenoxy) is 1. The van der Waals surface area contributed by atoms with E-state index >= 15 is 0 Å².